The summed E-state index contributed by atoms with van der Waals surface area (Å²) in [7, 11) is -0.983. The second-order valence-corrected chi connectivity index (χ2v) is 12.3. The summed E-state index contributed by atoms with van der Waals surface area (Å²) in [6.07, 6.45) is 1.84. The predicted octanol–water partition coefficient (Wildman–Crippen LogP) is 4.08. The van der Waals surface area contributed by atoms with Crippen LogP contribution in [0.15, 0.2) is 10.9 Å². The van der Waals surface area contributed by atoms with Crippen molar-refractivity contribution < 1.29 is 4.74 Å². The zero-order chi connectivity index (χ0) is 13.1. The van der Waals surface area contributed by atoms with Gasteiger partial charge in [-0.1, -0.05) is 33.5 Å². The van der Waals surface area contributed by atoms with E-state index in [1.54, 1.807) is 0 Å². The number of aromatic nitrogens is 2. The zero-order valence-corrected chi connectivity index (χ0v) is 14.0. The molecule has 1 heterocycles. The van der Waals surface area contributed by atoms with E-state index < -0.39 is 8.07 Å². The Labute approximate surface area is 114 Å². The number of ether oxygens (including phenoxy) is 1. The molecule has 0 atom stereocenters. The van der Waals surface area contributed by atoms with Crippen molar-refractivity contribution in [2.45, 2.75) is 52.2 Å². The highest BCUT2D eigenvalue weighted by Crippen LogP contribution is 2.23. The molecule has 3 nitrogen and oxygen atoms in total. The Morgan fingerprint density at radius 2 is 2.06 bits per heavy atom. The predicted molar refractivity (Wildman–Crippen MR) is 78.1 cm³/mol. The molecule has 0 radical (unpaired) electrons. The summed E-state index contributed by atoms with van der Waals surface area (Å²) < 4.78 is 8.75. The SMILES string of the molecule is CC(C)c1ncn(COCC[Si](C)(C)C)c1Br. The first-order chi connectivity index (χ1) is 7.81. The maximum atomic E-state index is 5.70. The number of rotatable bonds is 6. The Balaban J connectivity index is 2.43. The maximum absolute atomic E-state index is 5.70. The van der Waals surface area contributed by atoms with Crippen LogP contribution in [-0.2, 0) is 11.5 Å². The molecule has 0 fully saturated rings. The van der Waals surface area contributed by atoms with Gasteiger partial charge in [-0.2, -0.15) is 0 Å². The minimum atomic E-state index is -0.983. The van der Waals surface area contributed by atoms with Gasteiger partial charge in [0.05, 0.1) is 12.0 Å². The molecule has 0 N–H and O–H groups in total. The van der Waals surface area contributed by atoms with E-state index >= 15 is 0 Å². The van der Waals surface area contributed by atoms with Gasteiger partial charge in [-0.25, -0.2) is 4.98 Å². The first kappa shape index (κ1) is 14.9. The van der Waals surface area contributed by atoms with Gasteiger partial charge < -0.3 is 9.30 Å². The number of nitrogens with zero attached hydrogens (tertiary/aromatic N) is 2. The van der Waals surface area contributed by atoms with Crippen LogP contribution in [0.5, 0.6) is 0 Å². The van der Waals surface area contributed by atoms with E-state index in [-0.39, 0.29) is 0 Å². The molecule has 0 spiro atoms. The van der Waals surface area contributed by atoms with Crippen molar-refractivity contribution in [3.8, 4) is 0 Å². The number of halogens is 1. The van der Waals surface area contributed by atoms with Gasteiger partial charge in [-0.15, -0.1) is 0 Å². The Bertz CT molecular complexity index is 358. The number of imidazole rings is 1. The van der Waals surface area contributed by atoms with E-state index in [0.29, 0.717) is 12.6 Å². The minimum absolute atomic E-state index is 0.438. The molecule has 0 unspecified atom stereocenters. The Morgan fingerprint density at radius 3 is 2.53 bits per heavy atom. The molecule has 0 saturated heterocycles. The third kappa shape index (κ3) is 4.93. The topological polar surface area (TPSA) is 27.1 Å². The number of hydrogen-bond donors (Lipinski definition) is 0. The lowest BCUT2D eigenvalue weighted by Gasteiger charge is -2.15. The second kappa shape index (κ2) is 6.16. The van der Waals surface area contributed by atoms with Gasteiger partial charge in [0.25, 0.3) is 0 Å². The molecule has 0 aromatic carbocycles. The fourth-order valence-corrected chi connectivity index (χ4v) is 2.91. The van der Waals surface area contributed by atoms with E-state index in [1.165, 1.54) is 6.04 Å². The van der Waals surface area contributed by atoms with Gasteiger partial charge in [0.15, 0.2) is 0 Å². The van der Waals surface area contributed by atoms with Gasteiger partial charge in [0.1, 0.15) is 11.3 Å². The summed E-state index contributed by atoms with van der Waals surface area (Å²) in [6.45, 7) is 12.8. The number of hydrogen-bond acceptors (Lipinski definition) is 2. The van der Waals surface area contributed by atoms with Crippen molar-refractivity contribution >= 4 is 24.0 Å². The van der Waals surface area contributed by atoms with Crippen LogP contribution in [0.4, 0.5) is 0 Å². The molecule has 0 bridgehead atoms. The molecule has 0 amide bonds. The molecule has 98 valence electrons. The van der Waals surface area contributed by atoms with Crippen molar-refractivity contribution in [2.24, 2.45) is 0 Å². The Kier molecular flexibility index (Phi) is 5.41. The van der Waals surface area contributed by atoms with Crippen LogP contribution in [0.25, 0.3) is 0 Å². The summed E-state index contributed by atoms with van der Waals surface area (Å²) in [5.41, 5.74) is 1.10. The fraction of sp³-hybridized carbons (Fsp3) is 0.750. The van der Waals surface area contributed by atoms with Crippen LogP contribution in [0.1, 0.15) is 25.5 Å². The molecular formula is C12H23BrN2OSi. The average Bonchev–Trinajstić information content (AvgIpc) is 2.53. The van der Waals surface area contributed by atoms with Crippen molar-refractivity contribution in [1.82, 2.24) is 9.55 Å². The second-order valence-electron chi connectivity index (χ2n) is 5.89. The molecule has 0 aliphatic carbocycles. The van der Waals surface area contributed by atoms with E-state index in [9.17, 15) is 0 Å². The van der Waals surface area contributed by atoms with Gasteiger partial charge in [-0.3, -0.25) is 0 Å². The Morgan fingerprint density at radius 1 is 1.41 bits per heavy atom. The molecule has 0 aliphatic heterocycles. The summed E-state index contributed by atoms with van der Waals surface area (Å²) >= 11 is 3.57. The molecular weight excluding hydrogens is 296 g/mol. The normalized spacial score (nSPS) is 12.4. The summed E-state index contributed by atoms with van der Waals surface area (Å²) in [5.74, 6) is 0.438. The maximum Gasteiger partial charge on any atom is 0.124 e. The lowest BCUT2D eigenvalue weighted by atomic mass is 10.2. The standard InChI is InChI=1S/C12H23BrN2OSi/c1-10(2)11-12(13)15(8-14-11)9-16-6-7-17(3,4)5/h8,10H,6-7,9H2,1-5H3. The van der Waals surface area contributed by atoms with Gasteiger partial charge in [-0.05, 0) is 27.9 Å². The Hall–Kier alpha value is -0.133. The largest absolute Gasteiger partial charge is 0.361 e. The quantitative estimate of drug-likeness (QED) is 0.583. The first-order valence-electron chi connectivity index (χ1n) is 6.09. The average molecular weight is 319 g/mol. The summed E-state index contributed by atoms with van der Waals surface area (Å²) in [6, 6.07) is 1.20. The van der Waals surface area contributed by atoms with Gasteiger partial charge in [0.2, 0.25) is 0 Å². The van der Waals surface area contributed by atoms with E-state index in [2.05, 4.69) is 54.4 Å². The van der Waals surface area contributed by atoms with Crippen LogP contribution >= 0.6 is 15.9 Å². The van der Waals surface area contributed by atoms with E-state index in [4.69, 9.17) is 4.74 Å². The minimum Gasteiger partial charge on any atom is -0.361 e. The van der Waals surface area contributed by atoms with Crippen LogP contribution in [0.3, 0.4) is 0 Å². The van der Waals surface area contributed by atoms with Crippen molar-refractivity contribution in [3.63, 3.8) is 0 Å². The highest BCUT2D eigenvalue weighted by Gasteiger charge is 2.13. The third-order valence-corrected chi connectivity index (χ3v) is 5.14. The van der Waals surface area contributed by atoms with Crippen molar-refractivity contribution in [1.29, 1.82) is 0 Å². The van der Waals surface area contributed by atoms with Crippen LogP contribution in [0, 0.1) is 0 Å². The molecule has 0 saturated carbocycles. The van der Waals surface area contributed by atoms with Crippen molar-refractivity contribution in [3.05, 3.63) is 16.6 Å². The zero-order valence-electron chi connectivity index (χ0n) is 11.5. The van der Waals surface area contributed by atoms with E-state index in [0.717, 1.165) is 16.9 Å². The molecule has 5 heteroatoms. The van der Waals surface area contributed by atoms with Crippen LogP contribution in [-0.4, -0.2) is 24.2 Å². The van der Waals surface area contributed by atoms with Gasteiger partial charge in [0, 0.05) is 14.7 Å². The van der Waals surface area contributed by atoms with Crippen molar-refractivity contribution in [2.75, 3.05) is 6.61 Å². The molecule has 17 heavy (non-hydrogen) atoms. The van der Waals surface area contributed by atoms with Crippen LogP contribution < -0.4 is 0 Å². The van der Waals surface area contributed by atoms with Crippen LogP contribution in [0.2, 0.25) is 25.7 Å². The fourth-order valence-electron chi connectivity index (χ4n) is 1.40. The monoisotopic (exact) mass is 318 g/mol. The third-order valence-electron chi connectivity index (χ3n) is 2.57. The molecule has 1 aromatic heterocycles. The lowest BCUT2D eigenvalue weighted by Crippen LogP contribution is -2.22. The van der Waals surface area contributed by atoms with E-state index in [1.807, 2.05) is 10.9 Å². The molecule has 1 rings (SSSR count). The highest BCUT2D eigenvalue weighted by molar-refractivity contribution is 9.10. The molecule has 1 aromatic rings. The summed E-state index contributed by atoms with van der Waals surface area (Å²) in [5, 5.41) is 0. The first-order valence-corrected chi connectivity index (χ1v) is 10.6. The lowest BCUT2D eigenvalue weighted by molar-refractivity contribution is 0.0856. The smallest absolute Gasteiger partial charge is 0.124 e. The molecule has 0 aliphatic rings. The summed E-state index contributed by atoms with van der Waals surface area (Å²) in [4.78, 5) is 4.39. The highest BCUT2D eigenvalue weighted by atomic mass is 79.9. The van der Waals surface area contributed by atoms with Gasteiger partial charge >= 0.3 is 0 Å².